The molecule has 0 aromatic carbocycles. The van der Waals surface area contributed by atoms with Crippen LogP contribution in [0.3, 0.4) is 0 Å². The highest BCUT2D eigenvalue weighted by atomic mass is 16.4. The van der Waals surface area contributed by atoms with Crippen molar-refractivity contribution in [2.75, 3.05) is 0 Å². The molecule has 0 aromatic heterocycles. The van der Waals surface area contributed by atoms with E-state index < -0.39 is 11.4 Å². The summed E-state index contributed by atoms with van der Waals surface area (Å²) in [5, 5.41) is 19.0. The molecule has 0 aliphatic heterocycles. The number of rotatable bonds is 2. The zero-order valence-corrected chi connectivity index (χ0v) is 14.6. The molecule has 0 saturated heterocycles. The molecule has 23 heavy (non-hydrogen) atoms. The van der Waals surface area contributed by atoms with E-state index >= 15 is 0 Å². The van der Waals surface area contributed by atoms with E-state index in [1.165, 1.54) is 11.8 Å². The highest BCUT2D eigenvalue weighted by Gasteiger charge is 2.58. The minimum atomic E-state index is -0.617. The second-order valence-electron chi connectivity index (χ2n) is 8.89. The molecule has 0 amide bonds. The molecule has 2 saturated carbocycles. The molecule has 3 heteroatoms. The van der Waals surface area contributed by atoms with Crippen molar-refractivity contribution in [2.45, 2.75) is 65.7 Å². The lowest BCUT2D eigenvalue weighted by Crippen LogP contribution is -2.53. The monoisotopic (exact) mass is 318 g/mol. The Balaban J connectivity index is 1.95. The Morgan fingerprint density at radius 2 is 2.00 bits per heavy atom. The van der Waals surface area contributed by atoms with Crippen LogP contribution in [0, 0.1) is 28.1 Å². The van der Waals surface area contributed by atoms with Crippen LogP contribution in [0.25, 0.3) is 0 Å². The van der Waals surface area contributed by atoms with Crippen LogP contribution in [0.5, 0.6) is 0 Å². The smallest absolute Gasteiger partial charge is 0.309 e. The Hall–Kier alpha value is -1.25. The van der Waals surface area contributed by atoms with E-state index in [-0.39, 0.29) is 16.7 Å². The second-order valence-corrected chi connectivity index (χ2v) is 8.89. The predicted octanol–water partition coefficient (Wildman–Crippen LogP) is 5.09. The number of aliphatic hydroxyl groups is 1. The molecule has 2 N–H and O–H groups in total. The molecular formula is C20H30O3. The summed E-state index contributed by atoms with van der Waals surface area (Å²) in [7, 11) is 0. The van der Waals surface area contributed by atoms with Gasteiger partial charge in [0, 0.05) is 0 Å². The molecule has 5 atom stereocenters. The summed E-state index contributed by atoms with van der Waals surface area (Å²) in [5.41, 5.74) is 1.08. The number of carboxylic acid groups (broad SMARTS) is 1. The minimum absolute atomic E-state index is 0.0467. The van der Waals surface area contributed by atoms with Crippen molar-refractivity contribution in [3.63, 3.8) is 0 Å². The largest absolute Gasteiger partial charge is 0.516 e. The first-order chi connectivity index (χ1) is 10.8. The van der Waals surface area contributed by atoms with Crippen molar-refractivity contribution in [3.05, 3.63) is 24.0 Å². The van der Waals surface area contributed by atoms with Crippen LogP contribution in [0.4, 0.5) is 0 Å². The first-order valence-electron chi connectivity index (χ1n) is 8.99. The summed E-state index contributed by atoms with van der Waals surface area (Å²) < 4.78 is 0. The number of hydrogen-bond donors (Lipinski definition) is 2. The van der Waals surface area contributed by atoms with Crippen LogP contribution >= 0.6 is 0 Å². The van der Waals surface area contributed by atoms with Gasteiger partial charge < -0.3 is 10.2 Å². The number of aliphatic carboxylic acids is 1. The fourth-order valence-electron chi connectivity index (χ4n) is 6.01. The molecule has 0 heterocycles. The second kappa shape index (κ2) is 5.39. The van der Waals surface area contributed by atoms with Crippen LogP contribution in [0.2, 0.25) is 0 Å². The van der Waals surface area contributed by atoms with Crippen LogP contribution < -0.4 is 0 Å². The zero-order valence-electron chi connectivity index (χ0n) is 14.6. The highest BCUT2D eigenvalue weighted by Crippen LogP contribution is 2.63. The number of aliphatic hydroxyl groups excluding tert-OH is 1. The number of fused-ring (bicyclic) bond motifs is 3. The maximum absolute atomic E-state index is 12.0. The van der Waals surface area contributed by atoms with E-state index in [4.69, 9.17) is 0 Å². The standard InChI is InChI=1S/C20H30O3/c1-18(11-12-21)10-7-15-14(13-18)5-6-16-19(15,2)8-4-9-20(16,3)17(22)23/h5,11-12,15-16,21H,4,6-10,13H2,1-3H3,(H,22,23)/b12-11+/t15-,16+,18+,19+,20+/m0/s1. The Morgan fingerprint density at radius 1 is 1.26 bits per heavy atom. The summed E-state index contributed by atoms with van der Waals surface area (Å²) in [5.74, 6) is 0.141. The average molecular weight is 318 g/mol. The maximum Gasteiger partial charge on any atom is 0.309 e. The quantitative estimate of drug-likeness (QED) is 0.550. The number of allylic oxidation sites excluding steroid dienone is 3. The third kappa shape index (κ3) is 2.43. The molecule has 0 radical (unpaired) electrons. The Morgan fingerprint density at radius 3 is 2.65 bits per heavy atom. The summed E-state index contributed by atoms with van der Waals surface area (Å²) in [6, 6.07) is 0. The molecule has 2 fully saturated rings. The maximum atomic E-state index is 12.0. The lowest BCUT2D eigenvalue weighted by Gasteiger charge is -2.58. The third-order valence-corrected chi connectivity index (χ3v) is 7.41. The van der Waals surface area contributed by atoms with E-state index in [1.54, 1.807) is 0 Å². The van der Waals surface area contributed by atoms with Crippen molar-refractivity contribution in [1.29, 1.82) is 0 Å². The topological polar surface area (TPSA) is 57.5 Å². The molecular weight excluding hydrogens is 288 g/mol. The Kier molecular flexibility index (Phi) is 3.89. The summed E-state index contributed by atoms with van der Waals surface area (Å²) in [6.07, 6.45) is 12.5. The van der Waals surface area contributed by atoms with Gasteiger partial charge in [0.25, 0.3) is 0 Å². The van der Waals surface area contributed by atoms with Crippen molar-refractivity contribution in [2.24, 2.45) is 28.1 Å². The molecule has 3 nitrogen and oxygen atoms in total. The van der Waals surface area contributed by atoms with Gasteiger partial charge in [-0.15, -0.1) is 0 Å². The molecule has 3 rings (SSSR count). The molecule has 0 unspecified atom stereocenters. The normalized spacial score (nSPS) is 46.8. The Bertz CT molecular complexity index is 563. The van der Waals surface area contributed by atoms with Crippen LogP contribution in [-0.4, -0.2) is 16.2 Å². The third-order valence-electron chi connectivity index (χ3n) is 7.41. The SMILES string of the molecule is C[C@]1(/C=C/O)CC[C@H]2C(=CC[C@@H]3[C@]2(C)CCC[C@@]3(C)C(=O)O)C1. The van der Waals surface area contributed by atoms with E-state index in [2.05, 4.69) is 19.9 Å². The van der Waals surface area contributed by atoms with Gasteiger partial charge in [0.05, 0.1) is 11.7 Å². The molecule has 128 valence electrons. The molecule has 3 aliphatic rings. The van der Waals surface area contributed by atoms with Crippen LogP contribution in [-0.2, 0) is 4.79 Å². The lowest BCUT2D eigenvalue weighted by atomic mass is 9.45. The van der Waals surface area contributed by atoms with Gasteiger partial charge >= 0.3 is 5.97 Å². The first-order valence-corrected chi connectivity index (χ1v) is 8.99. The van der Waals surface area contributed by atoms with Gasteiger partial charge in [-0.05, 0) is 74.2 Å². The summed E-state index contributed by atoms with van der Waals surface area (Å²) >= 11 is 0. The first kappa shape index (κ1) is 16.6. The number of hydrogen-bond acceptors (Lipinski definition) is 2. The fourth-order valence-corrected chi connectivity index (χ4v) is 6.01. The number of carbonyl (C=O) groups is 1. The van der Waals surface area contributed by atoms with Gasteiger partial charge in [-0.25, -0.2) is 0 Å². The van der Waals surface area contributed by atoms with Gasteiger partial charge in [-0.1, -0.05) is 31.9 Å². The fraction of sp³-hybridized carbons (Fsp3) is 0.750. The molecule has 0 aromatic rings. The van der Waals surface area contributed by atoms with E-state index in [0.717, 1.165) is 44.9 Å². The van der Waals surface area contributed by atoms with Crippen molar-refractivity contribution in [1.82, 2.24) is 0 Å². The molecule has 0 bridgehead atoms. The van der Waals surface area contributed by atoms with Crippen LogP contribution in [0.1, 0.15) is 65.7 Å². The van der Waals surface area contributed by atoms with Crippen molar-refractivity contribution in [3.8, 4) is 0 Å². The van der Waals surface area contributed by atoms with Gasteiger partial charge in [0.2, 0.25) is 0 Å². The van der Waals surface area contributed by atoms with Gasteiger partial charge in [-0.3, -0.25) is 4.79 Å². The molecule has 3 aliphatic carbocycles. The van der Waals surface area contributed by atoms with Gasteiger partial charge in [0.15, 0.2) is 0 Å². The highest BCUT2D eigenvalue weighted by molar-refractivity contribution is 5.75. The van der Waals surface area contributed by atoms with Crippen LogP contribution in [0.15, 0.2) is 24.0 Å². The number of carboxylic acids is 1. The van der Waals surface area contributed by atoms with Gasteiger partial charge in [0.1, 0.15) is 0 Å². The minimum Gasteiger partial charge on any atom is -0.516 e. The van der Waals surface area contributed by atoms with Gasteiger partial charge in [-0.2, -0.15) is 0 Å². The average Bonchev–Trinajstić information content (AvgIpc) is 2.46. The van der Waals surface area contributed by atoms with Crippen molar-refractivity contribution < 1.29 is 15.0 Å². The lowest BCUT2D eigenvalue weighted by molar-refractivity contribution is -0.163. The zero-order chi connectivity index (χ0) is 16.9. The van der Waals surface area contributed by atoms with E-state index in [9.17, 15) is 15.0 Å². The van der Waals surface area contributed by atoms with Crippen molar-refractivity contribution >= 4 is 5.97 Å². The molecule has 0 spiro atoms. The van der Waals surface area contributed by atoms with E-state index in [1.807, 2.05) is 13.0 Å². The summed E-state index contributed by atoms with van der Waals surface area (Å²) in [4.78, 5) is 12.0. The predicted molar refractivity (Wildman–Crippen MR) is 91.1 cm³/mol. The Labute approximate surface area is 139 Å². The van der Waals surface area contributed by atoms with E-state index in [0.29, 0.717) is 5.92 Å². The summed E-state index contributed by atoms with van der Waals surface area (Å²) in [6.45, 7) is 6.53.